The van der Waals surface area contributed by atoms with E-state index in [1.54, 1.807) is 0 Å². The van der Waals surface area contributed by atoms with Gasteiger partial charge in [-0.05, 0) is 17.9 Å². The lowest BCUT2D eigenvalue weighted by Crippen LogP contribution is -2.16. The Morgan fingerprint density at radius 1 is 1.35 bits per heavy atom. The summed E-state index contributed by atoms with van der Waals surface area (Å²) < 4.78 is 2.24. The second-order valence-corrected chi connectivity index (χ2v) is 4.89. The maximum absolute atomic E-state index is 6.31. The Labute approximate surface area is 101 Å². The van der Waals surface area contributed by atoms with E-state index in [1.165, 1.54) is 6.42 Å². The summed E-state index contributed by atoms with van der Waals surface area (Å²) in [6.07, 6.45) is 5.04. The quantitative estimate of drug-likeness (QED) is 0.875. The highest BCUT2D eigenvalue weighted by molar-refractivity contribution is 5.27. The second-order valence-electron chi connectivity index (χ2n) is 4.89. The molecule has 0 spiro atoms. The number of nitrogens with zero attached hydrogens (tertiary/aromatic N) is 2. The third kappa shape index (κ3) is 1.87. The predicted octanol–water partition coefficient (Wildman–Crippen LogP) is 2.51. The number of hydrogen-bond donors (Lipinski definition) is 1. The molecule has 1 saturated carbocycles. The highest BCUT2D eigenvalue weighted by atomic mass is 15.1. The molecule has 0 aliphatic heterocycles. The van der Waals surface area contributed by atoms with Gasteiger partial charge in [-0.25, -0.2) is 4.98 Å². The fourth-order valence-electron chi connectivity index (χ4n) is 2.35. The monoisotopic (exact) mass is 227 g/mol. The maximum Gasteiger partial charge on any atom is 0.0951 e. The van der Waals surface area contributed by atoms with Crippen LogP contribution in [0.15, 0.2) is 42.9 Å². The molecule has 1 aromatic heterocycles. The van der Waals surface area contributed by atoms with Crippen LogP contribution < -0.4 is 5.73 Å². The van der Waals surface area contributed by atoms with Crippen molar-refractivity contribution < 1.29 is 0 Å². The molecule has 1 aliphatic carbocycles. The van der Waals surface area contributed by atoms with Gasteiger partial charge in [-0.15, -0.1) is 0 Å². The largest absolute Gasteiger partial charge is 0.329 e. The van der Waals surface area contributed by atoms with Gasteiger partial charge in [0, 0.05) is 6.04 Å². The predicted molar refractivity (Wildman–Crippen MR) is 67.5 cm³/mol. The van der Waals surface area contributed by atoms with Crippen LogP contribution in [-0.4, -0.2) is 9.55 Å². The molecule has 1 aliphatic rings. The number of benzene rings is 1. The SMILES string of the molecule is CC1CC1n1cncc1C(N)c1ccccc1. The van der Waals surface area contributed by atoms with Crippen molar-refractivity contribution in [1.29, 1.82) is 0 Å². The van der Waals surface area contributed by atoms with Crippen molar-refractivity contribution in [3.63, 3.8) is 0 Å². The van der Waals surface area contributed by atoms with Gasteiger partial charge in [0.25, 0.3) is 0 Å². The van der Waals surface area contributed by atoms with Crippen molar-refractivity contribution in [2.24, 2.45) is 11.7 Å². The van der Waals surface area contributed by atoms with Gasteiger partial charge in [0.1, 0.15) is 0 Å². The topological polar surface area (TPSA) is 43.8 Å². The van der Waals surface area contributed by atoms with Crippen molar-refractivity contribution in [3.8, 4) is 0 Å². The number of hydrogen-bond acceptors (Lipinski definition) is 2. The molecule has 1 heterocycles. The van der Waals surface area contributed by atoms with Gasteiger partial charge in [0.15, 0.2) is 0 Å². The molecule has 0 bridgehead atoms. The molecule has 2 aromatic rings. The van der Waals surface area contributed by atoms with Crippen LogP contribution >= 0.6 is 0 Å². The van der Waals surface area contributed by atoms with E-state index in [1.807, 2.05) is 30.7 Å². The van der Waals surface area contributed by atoms with Crippen LogP contribution in [-0.2, 0) is 0 Å². The summed E-state index contributed by atoms with van der Waals surface area (Å²) >= 11 is 0. The minimum absolute atomic E-state index is 0.0773. The first kappa shape index (κ1) is 10.5. The highest BCUT2D eigenvalue weighted by Crippen LogP contribution is 2.44. The molecule has 3 unspecified atom stereocenters. The minimum Gasteiger partial charge on any atom is -0.329 e. The van der Waals surface area contributed by atoms with Crippen LogP contribution in [0.4, 0.5) is 0 Å². The van der Waals surface area contributed by atoms with Crippen LogP contribution in [0.1, 0.15) is 36.7 Å². The van der Waals surface area contributed by atoms with Gasteiger partial charge >= 0.3 is 0 Å². The van der Waals surface area contributed by atoms with Gasteiger partial charge in [-0.1, -0.05) is 37.3 Å². The summed E-state index contributed by atoms with van der Waals surface area (Å²) in [4.78, 5) is 4.25. The van der Waals surface area contributed by atoms with E-state index in [-0.39, 0.29) is 6.04 Å². The normalized spacial score (nSPS) is 24.6. The molecule has 2 N–H and O–H groups in total. The fourth-order valence-corrected chi connectivity index (χ4v) is 2.35. The van der Waals surface area contributed by atoms with E-state index < -0.39 is 0 Å². The van der Waals surface area contributed by atoms with E-state index >= 15 is 0 Å². The van der Waals surface area contributed by atoms with E-state index in [0.29, 0.717) is 6.04 Å². The smallest absolute Gasteiger partial charge is 0.0951 e. The zero-order chi connectivity index (χ0) is 11.8. The molecular weight excluding hydrogens is 210 g/mol. The Balaban J connectivity index is 1.92. The summed E-state index contributed by atoms with van der Waals surface area (Å²) in [5.74, 6) is 0.755. The molecular formula is C14H17N3. The van der Waals surface area contributed by atoms with Crippen LogP contribution in [0.25, 0.3) is 0 Å². The van der Waals surface area contributed by atoms with Gasteiger partial charge in [0.05, 0.1) is 24.3 Å². The van der Waals surface area contributed by atoms with Crippen LogP contribution in [0.2, 0.25) is 0 Å². The average Bonchev–Trinajstić information content (AvgIpc) is 2.92. The summed E-state index contributed by atoms with van der Waals surface area (Å²) in [6.45, 7) is 2.27. The van der Waals surface area contributed by atoms with Gasteiger partial charge in [-0.2, -0.15) is 0 Å². The first-order valence-electron chi connectivity index (χ1n) is 6.09. The van der Waals surface area contributed by atoms with Crippen molar-refractivity contribution in [2.75, 3.05) is 0 Å². The number of rotatable bonds is 3. The molecule has 3 heteroatoms. The van der Waals surface area contributed by atoms with Crippen molar-refractivity contribution >= 4 is 0 Å². The van der Waals surface area contributed by atoms with Crippen LogP contribution in [0.5, 0.6) is 0 Å². The Bertz CT molecular complexity index is 503. The maximum atomic E-state index is 6.31. The lowest BCUT2D eigenvalue weighted by Gasteiger charge is -2.14. The Kier molecular flexibility index (Phi) is 2.48. The average molecular weight is 227 g/mol. The van der Waals surface area contributed by atoms with Crippen molar-refractivity contribution in [3.05, 3.63) is 54.1 Å². The first-order chi connectivity index (χ1) is 8.27. The first-order valence-corrected chi connectivity index (χ1v) is 6.09. The number of imidazole rings is 1. The molecule has 3 rings (SSSR count). The molecule has 1 aromatic carbocycles. The standard InChI is InChI=1S/C14H17N3/c1-10-7-12(10)17-9-16-8-13(17)14(15)11-5-3-2-4-6-11/h2-6,8-10,12,14H,7,15H2,1H3. The summed E-state index contributed by atoms with van der Waals surface area (Å²) in [6, 6.07) is 10.7. The lowest BCUT2D eigenvalue weighted by molar-refractivity contribution is 0.628. The molecule has 3 nitrogen and oxygen atoms in total. The van der Waals surface area contributed by atoms with Crippen molar-refractivity contribution in [2.45, 2.75) is 25.4 Å². The number of nitrogens with two attached hydrogens (primary N) is 1. The molecule has 17 heavy (non-hydrogen) atoms. The van der Waals surface area contributed by atoms with Crippen molar-refractivity contribution in [1.82, 2.24) is 9.55 Å². The zero-order valence-corrected chi connectivity index (χ0v) is 9.95. The molecule has 0 radical (unpaired) electrons. The van der Waals surface area contributed by atoms with Crippen LogP contribution in [0.3, 0.4) is 0 Å². The third-order valence-electron chi connectivity index (χ3n) is 3.60. The Morgan fingerprint density at radius 3 is 2.71 bits per heavy atom. The third-order valence-corrected chi connectivity index (χ3v) is 3.60. The number of aromatic nitrogens is 2. The zero-order valence-electron chi connectivity index (χ0n) is 9.95. The fraction of sp³-hybridized carbons (Fsp3) is 0.357. The lowest BCUT2D eigenvalue weighted by atomic mass is 10.1. The van der Waals surface area contributed by atoms with E-state index in [0.717, 1.165) is 17.2 Å². The minimum atomic E-state index is -0.0773. The molecule has 88 valence electrons. The van der Waals surface area contributed by atoms with Crippen LogP contribution in [0, 0.1) is 5.92 Å². The van der Waals surface area contributed by atoms with Gasteiger partial charge < -0.3 is 10.3 Å². The summed E-state index contributed by atoms with van der Waals surface area (Å²) in [7, 11) is 0. The Morgan fingerprint density at radius 2 is 2.06 bits per heavy atom. The summed E-state index contributed by atoms with van der Waals surface area (Å²) in [5, 5.41) is 0. The van der Waals surface area contributed by atoms with Gasteiger partial charge in [-0.3, -0.25) is 0 Å². The summed E-state index contributed by atoms with van der Waals surface area (Å²) in [5.41, 5.74) is 8.57. The van der Waals surface area contributed by atoms with E-state index in [9.17, 15) is 0 Å². The molecule has 0 saturated heterocycles. The molecule has 3 atom stereocenters. The molecule has 0 amide bonds. The second kappa shape index (κ2) is 4.00. The van der Waals surface area contributed by atoms with E-state index in [4.69, 9.17) is 5.73 Å². The Hall–Kier alpha value is -1.61. The highest BCUT2D eigenvalue weighted by Gasteiger charge is 2.36. The molecule has 1 fully saturated rings. The van der Waals surface area contributed by atoms with E-state index in [2.05, 4.69) is 28.6 Å². The van der Waals surface area contributed by atoms with Gasteiger partial charge in [0.2, 0.25) is 0 Å².